The van der Waals surface area contributed by atoms with Crippen molar-refractivity contribution in [2.75, 3.05) is 0 Å². The largest absolute Gasteiger partial charge is 0.231 e. The molecule has 0 saturated heterocycles. The number of thiophene rings is 1. The van der Waals surface area contributed by atoms with Gasteiger partial charge >= 0.3 is 0 Å². The van der Waals surface area contributed by atoms with Crippen molar-refractivity contribution in [3.63, 3.8) is 0 Å². The van der Waals surface area contributed by atoms with Crippen molar-refractivity contribution in [3.8, 4) is 67.5 Å². The highest BCUT2D eigenvalue weighted by Gasteiger charge is 2.22. The van der Waals surface area contributed by atoms with Crippen molar-refractivity contribution in [2.24, 2.45) is 0 Å². The first-order valence-corrected chi connectivity index (χ1v) is 19.6. The molecule has 0 amide bonds. The monoisotopic (exact) mass is 732 g/mol. The van der Waals surface area contributed by atoms with Crippen LogP contribution in [0.5, 0.6) is 0 Å². The molecule has 11 aromatic rings. The molecule has 0 aliphatic heterocycles. The summed E-state index contributed by atoms with van der Waals surface area (Å²) < 4.78 is 4.69. The molecule has 0 N–H and O–H groups in total. The summed E-state index contributed by atoms with van der Waals surface area (Å²) in [6.07, 6.45) is 0. The minimum Gasteiger partial charge on any atom is -0.231 e. The Balaban J connectivity index is 1.13. The summed E-state index contributed by atoms with van der Waals surface area (Å²) in [5, 5.41) is 10.3. The van der Waals surface area contributed by atoms with E-state index in [1.54, 1.807) is 0 Å². The Morgan fingerprint density at radius 3 is 1.79 bits per heavy atom. The normalized spacial score (nSPS) is 11.6. The summed E-state index contributed by atoms with van der Waals surface area (Å²) in [6, 6.07) is 68.4. The van der Waals surface area contributed by atoms with Crippen LogP contribution in [0.15, 0.2) is 194 Å². The highest BCUT2D eigenvalue weighted by atomic mass is 32.1. The van der Waals surface area contributed by atoms with Crippen LogP contribution in [0, 0.1) is 0 Å². The van der Waals surface area contributed by atoms with Gasteiger partial charge in [-0.15, -0.1) is 11.3 Å². The maximum Gasteiger partial charge on any atom is 0.160 e. The summed E-state index contributed by atoms with van der Waals surface area (Å²) >= 11 is 1.83. The average Bonchev–Trinajstić information content (AvgIpc) is 3.86. The first-order chi connectivity index (χ1) is 27.7. The van der Waals surface area contributed by atoms with Gasteiger partial charge in [-0.3, -0.25) is 0 Å². The van der Waals surface area contributed by atoms with Crippen LogP contribution in [0.4, 0.5) is 0 Å². The van der Waals surface area contributed by atoms with E-state index in [9.17, 15) is 0 Å². The Morgan fingerprint density at radius 2 is 1.00 bits per heavy atom. The zero-order valence-corrected chi connectivity index (χ0v) is 31.0. The van der Waals surface area contributed by atoms with Gasteiger partial charge in [-0.05, 0) is 47.3 Å². The molecule has 0 atom stereocenters. The maximum atomic E-state index is 5.48. The molecule has 262 valence electrons. The van der Waals surface area contributed by atoms with Gasteiger partial charge in [-0.2, -0.15) is 5.10 Å². The van der Waals surface area contributed by atoms with E-state index < -0.39 is 0 Å². The predicted octanol–water partition coefficient (Wildman–Crippen LogP) is 13.6. The van der Waals surface area contributed by atoms with E-state index in [0.717, 1.165) is 72.6 Å². The fourth-order valence-corrected chi connectivity index (χ4v) is 9.04. The van der Waals surface area contributed by atoms with Crippen LogP contribution in [0.1, 0.15) is 0 Å². The fourth-order valence-electron chi connectivity index (χ4n) is 7.95. The molecule has 0 bridgehead atoms. The van der Waals surface area contributed by atoms with E-state index in [1.165, 1.54) is 25.6 Å². The molecule has 0 unspecified atom stereocenters. The topological polar surface area (TPSA) is 43.1 Å². The molecule has 4 aromatic heterocycles. The molecule has 11 rings (SSSR count). The second kappa shape index (κ2) is 13.3. The highest BCUT2D eigenvalue weighted by molar-refractivity contribution is 7.25. The lowest BCUT2D eigenvalue weighted by atomic mass is 9.96. The molecule has 4 heterocycles. The highest BCUT2D eigenvalue weighted by Crippen LogP contribution is 2.42. The zero-order chi connectivity index (χ0) is 37.0. The summed E-state index contributed by atoms with van der Waals surface area (Å²) in [6.45, 7) is 0. The lowest BCUT2D eigenvalue weighted by molar-refractivity contribution is 0.979. The van der Waals surface area contributed by atoms with Crippen molar-refractivity contribution in [1.82, 2.24) is 19.6 Å². The third kappa shape index (κ3) is 5.48. The summed E-state index contributed by atoms with van der Waals surface area (Å²) in [5.41, 5.74) is 12.1. The third-order valence-electron chi connectivity index (χ3n) is 10.6. The molecule has 0 fully saturated rings. The Bertz CT molecular complexity index is 3240. The zero-order valence-electron chi connectivity index (χ0n) is 30.2. The Labute approximate surface area is 327 Å². The molecule has 0 saturated carbocycles. The fraction of sp³-hybridized carbons (Fsp3) is 0. The second-order valence-corrected chi connectivity index (χ2v) is 15.1. The number of rotatable bonds is 6. The molecule has 56 heavy (non-hydrogen) atoms. The van der Waals surface area contributed by atoms with Crippen LogP contribution in [0.2, 0.25) is 0 Å². The number of hydrogen-bond acceptors (Lipinski definition) is 4. The smallest absolute Gasteiger partial charge is 0.160 e. The number of fused-ring (bicyclic) bond motifs is 6. The van der Waals surface area contributed by atoms with Crippen LogP contribution < -0.4 is 0 Å². The molecule has 4 nitrogen and oxygen atoms in total. The first kappa shape index (κ1) is 32.2. The lowest BCUT2D eigenvalue weighted by Gasteiger charge is -2.11. The van der Waals surface area contributed by atoms with Crippen LogP contribution in [0.3, 0.4) is 0 Å². The quantitative estimate of drug-likeness (QED) is 0.171. The summed E-state index contributed by atoms with van der Waals surface area (Å²) in [4.78, 5) is 10.5. The van der Waals surface area contributed by atoms with Gasteiger partial charge in [0.25, 0.3) is 0 Å². The second-order valence-electron chi connectivity index (χ2n) is 14.1. The first-order valence-electron chi connectivity index (χ1n) is 18.8. The summed E-state index contributed by atoms with van der Waals surface area (Å²) in [5.74, 6) is 0.666. The van der Waals surface area contributed by atoms with E-state index in [-0.39, 0.29) is 0 Å². The number of hydrogen-bond donors (Lipinski definition) is 0. The number of aromatic nitrogens is 4. The van der Waals surface area contributed by atoms with Gasteiger partial charge in [0.1, 0.15) is 5.69 Å². The van der Waals surface area contributed by atoms with E-state index >= 15 is 0 Å². The molecule has 0 aliphatic carbocycles. The summed E-state index contributed by atoms with van der Waals surface area (Å²) in [7, 11) is 0. The average molecular weight is 733 g/mol. The van der Waals surface area contributed by atoms with Gasteiger partial charge in [0.15, 0.2) is 5.82 Å². The predicted molar refractivity (Wildman–Crippen MR) is 234 cm³/mol. The van der Waals surface area contributed by atoms with Gasteiger partial charge in [0.05, 0.1) is 22.6 Å². The molecule has 0 radical (unpaired) electrons. The van der Waals surface area contributed by atoms with E-state index in [0.29, 0.717) is 5.82 Å². The van der Waals surface area contributed by atoms with Crippen LogP contribution in [0.25, 0.3) is 104 Å². The van der Waals surface area contributed by atoms with E-state index in [4.69, 9.17) is 15.1 Å². The van der Waals surface area contributed by atoms with Crippen molar-refractivity contribution in [1.29, 1.82) is 0 Å². The van der Waals surface area contributed by atoms with E-state index in [2.05, 4.69) is 193 Å². The molecular formula is C51H32N4S. The molecular weight excluding hydrogens is 701 g/mol. The van der Waals surface area contributed by atoms with Crippen molar-refractivity contribution >= 4 is 47.8 Å². The van der Waals surface area contributed by atoms with Gasteiger partial charge < -0.3 is 0 Å². The van der Waals surface area contributed by atoms with E-state index in [1.807, 2.05) is 17.4 Å². The standard InChI is InChI=1S/C51H32N4S/c1-4-15-33(16-5-1)43-32-44(37-27-28-47-42(30-37)41-25-12-13-26-46(41)56-47)53-51(52-43)39-23-14-22-38(29-39)49-48(35-19-8-3-9-20-35)50-40-24-11-10-21-36(40)31-45(55(50)54-49)34-17-6-2-7-18-34/h1-32H. The van der Waals surface area contributed by atoms with Crippen molar-refractivity contribution in [3.05, 3.63) is 194 Å². The molecule has 0 aliphatic rings. The van der Waals surface area contributed by atoms with Crippen LogP contribution in [-0.4, -0.2) is 19.6 Å². The minimum atomic E-state index is 0.666. The SMILES string of the molecule is c1ccc(-c2cc(-c3ccc4sc5ccccc5c4c3)nc(-c3cccc(-c4nn5c(-c6ccccc6)cc6ccccc6c5c4-c4ccccc4)c3)n2)cc1. The van der Waals surface area contributed by atoms with Gasteiger partial charge in [0.2, 0.25) is 0 Å². The number of pyridine rings is 1. The van der Waals surface area contributed by atoms with Gasteiger partial charge in [0, 0.05) is 58.9 Å². The van der Waals surface area contributed by atoms with Crippen LogP contribution >= 0.6 is 11.3 Å². The third-order valence-corrected chi connectivity index (χ3v) is 11.8. The molecule has 0 spiro atoms. The Hall–Kier alpha value is -7.21. The number of nitrogens with zero attached hydrogens (tertiary/aromatic N) is 4. The minimum absolute atomic E-state index is 0.666. The van der Waals surface area contributed by atoms with Crippen LogP contribution in [-0.2, 0) is 0 Å². The maximum absolute atomic E-state index is 5.48. The molecule has 7 aromatic carbocycles. The van der Waals surface area contributed by atoms with Crippen molar-refractivity contribution in [2.45, 2.75) is 0 Å². The Kier molecular flexibility index (Phi) is 7.64. The number of benzene rings is 7. The van der Waals surface area contributed by atoms with Crippen molar-refractivity contribution < 1.29 is 0 Å². The Morgan fingerprint density at radius 1 is 0.393 bits per heavy atom. The lowest BCUT2D eigenvalue weighted by Crippen LogP contribution is -1.96. The molecule has 5 heteroatoms. The van der Waals surface area contributed by atoms with Gasteiger partial charge in [-0.1, -0.05) is 158 Å². The van der Waals surface area contributed by atoms with Gasteiger partial charge in [-0.25, -0.2) is 14.5 Å².